The number of thiol groups is 1. The van der Waals surface area contributed by atoms with Gasteiger partial charge in [-0.25, -0.2) is 0 Å². The lowest BCUT2D eigenvalue weighted by atomic mass is 11.3. The summed E-state index contributed by atoms with van der Waals surface area (Å²) in [5.41, 5.74) is 4.71. The van der Waals surface area contributed by atoms with Gasteiger partial charge in [0.2, 0.25) is 0 Å². The van der Waals surface area contributed by atoms with Crippen LogP contribution in [0.25, 0.3) is 0 Å². The summed E-state index contributed by atoms with van der Waals surface area (Å²) in [7, 11) is 0. The van der Waals surface area contributed by atoms with E-state index in [0.29, 0.717) is 0 Å². The lowest BCUT2D eigenvalue weighted by Gasteiger charge is -1.64. The Kier molecular flexibility index (Phi) is 58.1. The van der Waals surface area contributed by atoms with Crippen LogP contribution in [0.3, 0.4) is 0 Å². The average molecular weight is 149 g/mol. The highest BCUT2D eigenvalue weighted by atomic mass is 32.1. The molecule has 0 radical (unpaired) electrons. The van der Waals surface area contributed by atoms with Crippen molar-refractivity contribution in [2.45, 2.75) is 0 Å². The van der Waals surface area contributed by atoms with Gasteiger partial charge in [-0.2, -0.15) is 0 Å². The Bertz CT molecular complexity index is 48.4. The zero-order chi connectivity index (χ0) is 7.58. The maximum Gasteiger partial charge on any atom is 0.128 e. The van der Waals surface area contributed by atoms with E-state index in [9.17, 15) is 0 Å². The van der Waals surface area contributed by atoms with Crippen molar-refractivity contribution in [3.8, 4) is 0 Å². The third-order valence-electron chi connectivity index (χ3n) is 0. The minimum Gasteiger partial charge on any atom is -0.385 e. The molecule has 1 nitrogen and oxygen atoms in total. The number of hydrogen-bond donors (Lipinski definition) is 2. The second-order valence-corrected chi connectivity index (χ2v) is 1.56. The average Bonchev–Trinajstić information content (AvgIpc) is 1.75. The first-order valence-corrected chi connectivity index (χ1v) is 2.57. The summed E-state index contributed by atoms with van der Waals surface area (Å²) in [6, 6.07) is 0. The van der Waals surface area contributed by atoms with Crippen molar-refractivity contribution in [1.82, 2.24) is 0 Å². The largest absolute Gasteiger partial charge is 0.385 e. The second kappa shape index (κ2) is 29.7. The number of hydrogen-bond acceptors (Lipinski definition) is 1. The zero-order valence-electron chi connectivity index (χ0n) is 4.76. The van der Waals surface area contributed by atoms with Crippen LogP contribution in [-0.4, -0.2) is 4.32 Å². The van der Waals surface area contributed by atoms with Gasteiger partial charge in [0.05, 0.1) is 0 Å². The van der Waals surface area contributed by atoms with Crippen LogP contribution in [0.5, 0.6) is 0 Å². The molecule has 0 unspecified atom stereocenters. The zero-order valence-corrected chi connectivity index (χ0v) is 6.47. The standard InChI is InChI=1S/2C2H4.CH3NS2/c2*1-2;2-1(3)4/h2*1-2H2;(H3,2,3,4). The van der Waals surface area contributed by atoms with Gasteiger partial charge in [0.1, 0.15) is 4.32 Å². The van der Waals surface area contributed by atoms with Crippen LogP contribution < -0.4 is 5.73 Å². The van der Waals surface area contributed by atoms with Crippen LogP contribution in [0, 0.1) is 0 Å². The molecule has 0 aromatic heterocycles. The van der Waals surface area contributed by atoms with E-state index in [1.165, 1.54) is 0 Å². The summed E-state index contributed by atoms with van der Waals surface area (Å²) in [4.78, 5) is 0. The monoisotopic (exact) mass is 149 g/mol. The first-order valence-electron chi connectivity index (χ1n) is 1.72. The lowest BCUT2D eigenvalue weighted by Crippen LogP contribution is -1.94. The molecule has 0 saturated carbocycles. The molecule has 0 amide bonds. The Labute approximate surface area is 61.7 Å². The highest BCUT2D eigenvalue weighted by Gasteiger charge is 1.55. The van der Waals surface area contributed by atoms with Crippen LogP contribution in [0.2, 0.25) is 0 Å². The maximum absolute atomic E-state index is 4.71. The molecule has 8 heavy (non-hydrogen) atoms. The summed E-state index contributed by atoms with van der Waals surface area (Å²) < 4.78 is 0.194. The molecule has 0 aromatic rings. The second-order valence-electron chi connectivity index (χ2n) is 0.338. The van der Waals surface area contributed by atoms with Crippen molar-refractivity contribution in [1.29, 1.82) is 0 Å². The van der Waals surface area contributed by atoms with E-state index in [1.807, 2.05) is 0 Å². The Morgan fingerprint density at radius 3 is 1.25 bits per heavy atom. The van der Waals surface area contributed by atoms with Crippen LogP contribution in [0.4, 0.5) is 0 Å². The minimum absolute atomic E-state index is 0.194. The number of thiocarbonyl (C=S) groups is 1. The minimum atomic E-state index is 0.194. The van der Waals surface area contributed by atoms with Crippen molar-refractivity contribution in [2.75, 3.05) is 0 Å². The van der Waals surface area contributed by atoms with Crippen molar-refractivity contribution in [3.63, 3.8) is 0 Å². The third kappa shape index (κ3) is 1630. The van der Waals surface area contributed by atoms with Crippen LogP contribution in [0.1, 0.15) is 0 Å². The van der Waals surface area contributed by atoms with Gasteiger partial charge < -0.3 is 5.73 Å². The molecule has 0 atom stereocenters. The van der Waals surface area contributed by atoms with E-state index >= 15 is 0 Å². The van der Waals surface area contributed by atoms with E-state index in [4.69, 9.17) is 5.73 Å². The lowest BCUT2D eigenvalue weighted by molar-refractivity contribution is 1.91. The molecule has 2 N–H and O–H groups in total. The molecule has 0 fully saturated rings. The molecule has 3 heteroatoms. The normalized spacial score (nSPS) is 4.12. The predicted molar refractivity (Wildman–Crippen MR) is 48.3 cm³/mol. The first kappa shape index (κ1) is 15.6. The summed E-state index contributed by atoms with van der Waals surface area (Å²) >= 11 is 7.65. The Balaban J connectivity index is -0.0000000542. The molecule has 0 spiro atoms. The Morgan fingerprint density at radius 1 is 1.25 bits per heavy atom. The molecular formula is C5H11NS2. The van der Waals surface area contributed by atoms with Gasteiger partial charge >= 0.3 is 0 Å². The van der Waals surface area contributed by atoms with Crippen LogP contribution in [-0.2, 0) is 0 Å². The molecule has 0 aliphatic heterocycles. The highest BCUT2D eigenvalue weighted by molar-refractivity contribution is 8.10. The van der Waals surface area contributed by atoms with Gasteiger partial charge in [-0.3, -0.25) is 0 Å². The van der Waals surface area contributed by atoms with Crippen molar-refractivity contribution in [2.24, 2.45) is 5.73 Å². The van der Waals surface area contributed by atoms with Gasteiger partial charge in [0, 0.05) is 0 Å². The maximum atomic E-state index is 4.71. The van der Waals surface area contributed by atoms with Crippen LogP contribution >= 0.6 is 24.8 Å². The fraction of sp³-hybridized carbons (Fsp3) is 0. The molecule has 48 valence electrons. The first-order chi connectivity index (χ1) is 3.73. The predicted octanol–water partition coefficient (Wildman–Crippen LogP) is 1.76. The SMILES string of the molecule is C=C.C=C.NC(=S)S. The molecular weight excluding hydrogens is 138 g/mol. The smallest absolute Gasteiger partial charge is 0.128 e. The molecule has 0 rings (SSSR count). The number of nitrogens with two attached hydrogens (primary N) is 1. The molecule has 0 heterocycles. The summed E-state index contributed by atoms with van der Waals surface area (Å²) in [5, 5.41) is 0. The molecule has 0 bridgehead atoms. The molecule has 0 aliphatic carbocycles. The fourth-order valence-electron chi connectivity index (χ4n) is 0. The topological polar surface area (TPSA) is 26.0 Å². The summed E-state index contributed by atoms with van der Waals surface area (Å²) in [5.74, 6) is 0. The van der Waals surface area contributed by atoms with E-state index in [0.717, 1.165) is 0 Å². The van der Waals surface area contributed by atoms with Gasteiger partial charge in [-0.1, -0.05) is 12.2 Å². The third-order valence-corrected chi connectivity index (χ3v) is 0. The van der Waals surface area contributed by atoms with Crippen molar-refractivity contribution < 1.29 is 0 Å². The fourth-order valence-corrected chi connectivity index (χ4v) is 0. The van der Waals surface area contributed by atoms with Gasteiger partial charge in [-0.15, -0.1) is 38.9 Å². The quantitative estimate of drug-likeness (QED) is 0.312. The van der Waals surface area contributed by atoms with E-state index < -0.39 is 0 Å². The summed E-state index contributed by atoms with van der Waals surface area (Å²) in [6.07, 6.45) is 0. The van der Waals surface area contributed by atoms with Gasteiger partial charge in [0.15, 0.2) is 0 Å². The van der Waals surface area contributed by atoms with Crippen LogP contribution in [0.15, 0.2) is 26.3 Å². The molecule has 0 aliphatic rings. The molecule has 0 saturated heterocycles. The van der Waals surface area contributed by atoms with E-state index in [2.05, 4.69) is 51.2 Å². The summed E-state index contributed by atoms with van der Waals surface area (Å²) in [6.45, 7) is 12.0. The Hall–Kier alpha value is -0.280. The van der Waals surface area contributed by atoms with Gasteiger partial charge in [-0.05, 0) is 0 Å². The van der Waals surface area contributed by atoms with Gasteiger partial charge in [0.25, 0.3) is 0 Å². The van der Waals surface area contributed by atoms with E-state index in [-0.39, 0.29) is 4.32 Å². The van der Waals surface area contributed by atoms with Crippen molar-refractivity contribution in [3.05, 3.63) is 26.3 Å². The Morgan fingerprint density at radius 2 is 1.25 bits per heavy atom. The molecule has 0 aromatic carbocycles. The van der Waals surface area contributed by atoms with Crippen molar-refractivity contribution >= 4 is 29.2 Å². The number of rotatable bonds is 0. The highest BCUT2D eigenvalue weighted by Crippen LogP contribution is 1.63. The van der Waals surface area contributed by atoms with E-state index in [1.54, 1.807) is 0 Å².